The van der Waals surface area contributed by atoms with E-state index in [2.05, 4.69) is 16.7 Å². The number of hydrogen-bond acceptors (Lipinski definition) is 4. The van der Waals surface area contributed by atoms with Crippen LogP contribution in [0.25, 0.3) is 0 Å². The Bertz CT molecular complexity index is 1300. The van der Waals surface area contributed by atoms with Crippen LogP contribution in [0.15, 0.2) is 42.5 Å². The third-order valence-corrected chi connectivity index (χ3v) is 8.29. The Hall–Kier alpha value is -3.27. The van der Waals surface area contributed by atoms with Crippen molar-refractivity contribution in [2.24, 2.45) is 23.5 Å². The van der Waals surface area contributed by atoms with Gasteiger partial charge in [-0.25, -0.2) is 0 Å². The van der Waals surface area contributed by atoms with Crippen LogP contribution in [0.5, 0.6) is 0 Å². The van der Waals surface area contributed by atoms with Gasteiger partial charge in [0, 0.05) is 23.9 Å². The Labute approximate surface area is 235 Å². The Balaban J connectivity index is 1.44. The molecule has 214 valence electrons. The molecule has 0 aromatic heterocycles. The third-order valence-electron chi connectivity index (χ3n) is 7.97. The van der Waals surface area contributed by atoms with Gasteiger partial charge in [0.2, 0.25) is 17.7 Å². The fourth-order valence-corrected chi connectivity index (χ4v) is 5.68. The number of fused-ring (bicyclic) bond motifs is 1. The second-order valence-corrected chi connectivity index (χ2v) is 11.5. The molecule has 3 amide bonds. The molecule has 2 aromatic carbocycles. The molecule has 3 aliphatic rings. The largest absolute Gasteiger partial charge is 0.389 e. The highest BCUT2D eigenvalue weighted by atomic mass is 35.5. The molecule has 40 heavy (non-hydrogen) atoms. The number of nitrogens with two attached hydrogens (primary N) is 1. The number of hydrogen-bond donors (Lipinski definition) is 3. The van der Waals surface area contributed by atoms with Gasteiger partial charge in [0.05, 0.1) is 22.9 Å². The van der Waals surface area contributed by atoms with Gasteiger partial charge < -0.3 is 21.3 Å². The van der Waals surface area contributed by atoms with Crippen molar-refractivity contribution in [1.82, 2.24) is 5.32 Å². The first kappa shape index (κ1) is 28.3. The van der Waals surface area contributed by atoms with Gasteiger partial charge in [0.1, 0.15) is 6.04 Å². The van der Waals surface area contributed by atoms with Gasteiger partial charge in [-0.05, 0) is 67.3 Å². The number of rotatable bonds is 10. The lowest BCUT2D eigenvalue weighted by Crippen LogP contribution is -2.52. The van der Waals surface area contributed by atoms with Crippen LogP contribution in [-0.4, -0.2) is 36.5 Å². The number of primary amides is 1. The van der Waals surface area contributed by atoms with Crippen molar-refractivity contribution in [1.29, 1.82) is 0 Å². The van der Waals surface area contributed by atoms with Gasteiger partial charge in [-0.15, -0.1) is 0 Å². The average Bonchev–Trinajstić information content (AvgIpc) is 3.80. The number of para-hydroxylation sites is 1. The van der Waals surface area contributed by atoms with E-state index in [-0.39, 0.29) is 18.9 Å². The minimum absolute atomic E-state index is 0.00882. The fraction of sp³-hybridized carbons (Fsp3) is 0.483. The van der Waals surface area contributed by atoms with E-state index >= 15 is 0 Å². The molecule has 3 unspecified atom stereocenters. The van der Waals surface area contributed by atoms with Gasteiger partial charge in [0.25, 0.3) is 0 Å². The first-order valence-corrected chi connectivity index (χ1v) is 14.0. The zero-order chi connectivity index (χ0) is 28.6. The summed E-state index contributed by atoms with van der Waals surface area (Å²) in [5.41, 5.74) is 8.55. The molecule has 0 saturated heterocycles. The number of carbonyl (C=O) groups is 3. The number of halogens is 4. The van der Waals surface area contributed by atoms with E-state index < -0.39 is 54.6 Å². The van der Waals surface area contributed by atoms with Crippen LogP contribution < -0.4 is 21.3 Å². The minimum atomic E-state index is -4.51. The summed E-state index contributed by atoms with van der Waals surface area (Å²) < 4.78 is 39.6. The average molecular weight is 577 g/mol. The summed E-state index contributed by atoms with van der Waals surface area (Å²) in [5, 5.41) is 5.76. The zero-order valence-corrected chi connectivity index (χ0v) is 22.6. The standard InChI is InChI=1S/C29H32ClF3N4O3/c30-22-5-2-6-24-25(22)36-28(40)23(15-37(24)19-4-1-3-18(14-19)17-9-10-17)35-27(39)20(11-12-29(31,32)33)21(26(34)38)13-16-7-8-16/h1-6,14,16-17,20-21,23H,7-13,15H2,(H2,34,38)(H,35,39)(H,36,40). The summed E-state index contributed by atoms with van der Waals surface area (Å²) in [6, 6.07) is 12.0. The van der Waals surface area contributed by atoms with E-state index in [0.29, 0.717) is 22.3 Å². The molecule has 4 N–H and O–H groups in total. The fourth-order valence-electron chi connectivity index (χ4n) is 5.46. The summed E-state index contributed by atoms with van der Waals surface area (Å²) in [5.74, 6) is -3.89. The normalized spacial score (nSPS) is 20.6. The molecule has 0 spiro atoms. The number of nitrogens with zero attached hydrogens (tertiary/aromatic N) is 1. The van der Waals surface area contributed by atoms with Gasteiger partial charge in [-0.3, -0.25) is 14.4 Å². The van der Waals surface area contributed by atoms with E-state index in [0.717, 1.165) is 31.4 Å². The van der Waals surface area contributed by atoms with E-state index in [1.54, 1.807) is 18.2 Å². The summed E-state index contributed by atoms with van der Waals surface area (Å²) in [6.45, 7) is 0.00882. The molecular formula is C29H32ClF3N4O3. The molecule has 2 fully saturated rings. The number of alkyl halides is 3. The topological polar surface area (TPSA) is 105 Å². The van der Waals surface area contributed by atoms with Crippen molar-refractivity contribution >= 4 is 46.4 Å². The second kappa shape index (κ2) is 11.3. The van der Waals surface area contributed by atoms with Crippen molar-refractivity contribution < 1.29 is 27.6 Å². The first-order chi connectivity index (χ1) is 19.0. The van der Waals surface area contributed by atoms with Crippen LogP contribution in [0.3, 0.4) is 0 Å². The summed E-state index contributed by atoms with van der Waals surface area (Å²) in [4.78, 5) is 41.1. The molecule has 2 aliphatic carbocycles. The third kappa shape index (κ3) is 6.71. The summed E-state index contributed by atoms with van der Waals surface area (Å²) in [6.07, 6.45) is -2.20. The van der Waals surface area contributed by atoms with Crippen LogP contribution >= 0.6 is 11.6 Å². The number of carbonyl (C=O) groups excluding carboxylic acids is 3. The van der Waals surface area contributed by atoms with Gasteiger partial charge >= 0.3 is 6.18 Å². The van der Waals surface area contributed by atoms with E-state index in [4.69, 9.17) is 17.3 Å². The highest BCUT2D eigenvalue weighted by Crippen LogP contribution is 2.44. The van der Waals surface area contributed by atoms with Gasteiger partial charge in [-0.1, -0.05) is 42.6 Å². The Kier molecular flexibility index (Phi) is 7.99. The van der Waals surface area contributed by atoms with Crippen molar-refractivity contribution in [3.05, 3.63) is 53.1 Å². The molecular weight excluding hydrogens is 545 g/mol. The van der Waals surface area contributed by atoms with Crippen LogP contribution in [0, 0.1) is 17.8 Å². The van der Waals surface area contributed by atoms with E-state index in [9.17, 15) is 27.6 Å². The lowest BCUT2D eigenvalue weighted by molar-refractivity contribution is -0.146. The van der Waals surface area contributed by atoms with E-state index in [1.807, 2.05) is 23.1 Å². The predicted molar refractivity (Wildman–Crippen MR) is 146 cm³/mol. The van der Waals surface area contributed by atoms with Gasteiger partial charge in [0.15, 0.2) is 0 Å². The second-order valence-electron chi connectivity index (χ2n) is 11.1. The molecule has 3 atom stereocenters. The molecule has 11 heteroatoms. The molecule has 5 rings (SSSR count). The maximum Gasteiger partial charge on any atom is 0.389 e. The van der Waals surface area contributed by atoms with Gasteiger partial charge in [-0.2, -0.15) is 13.2 Å². The zero-order valence-electron chi connectivity index (χ0n) is 21.8. The molecule has 1 heterocycles. The predicted octanol–water partition coefficient (Wildman–Crippen LogP) is 5.65. The van der Waals surface area contributed by atoms with Crippen molar-refractivity contribution in [3.63, 3.8) is 0 Å². The SMILES string of the molecule is NC(=O)C(CC1CC1)C(CCC(F)(F)F)C(=O)NC1CN(c2cccc(C3CC3)c2)c2cccc(Cl)c2NC1=O. The molecule has 0 bridgehead atoms. The van der Waals surface area contributed by atoms with Crippen LogP contribution in [-0.2, 0) is 14.4 Å². The quantitative estimate of drug-likeness (QED) is 0.340. The first-order valence-electron chi connectivity index (χ1n) is 13.6. The van der Waals surface area contributed by atoms with Crippen molar-refractivity contribution in [3.8, 4) is 0 Å². The highest BCUT2D eigenvalue weighted by Gasteiger charge is 2.41. The van der Waals surface area contributed by atoms with Crippen LogP contribution in [0.4, 0.5) is 30.2 Å². The summed E-state index contributed by atoms with van der Waals surface area (Å²) in [7, 11) is 0. The van der Waals surface area contributed by atoms with Crippen LogP contribution in [0.1, 0.15) is 56.4 Å². The Morgan fingerprint density at radius 3 is 2.48 bits per heavy atom. The van der Waals surface area contributed by atoms with E-state index in [1.165, 1.54) is 5.56 Å². The highest BCUT2D eigenvalue weighted by molar-refractivity contribution is 6.34. The lowest BCUT2D eigenvalue weighted by atomic mass is 9.83. The Morgan fingerprint density at radius 1 is 1.10 bits per heavy atom. The molecule has 2 saturated carbocycles. The number of nitrogens with one attached hydrogen (secondary N) is 2. The maximum atomic E-state index is 13.6. The molecule has 0 radical (unpaired) electrons. The lowest BCUT2D eigenvalue weighted by Gasteiger charge is -2.30. The monoisotopic (exact) mass is 576 g/mol. The van der Waals surface area contributed by atoms with Crippen LogP contribution in [0.2, 0.25) is 5.02 Å². The number of anilines is 3. The number of benzene rings is 2. The molecule has 7 nitrogen and oxygen atoms in total. The maximum absolute atomic E-state index is 13.6. The number of amides is 3. The molecule has 1 aliphatic heterocycles. The van der Waals surface area contributed by atoms with Crippen molar-refractivity contribution in [2.75, 3.05) is 16.8 Å². The molecule has 2 aromatic rings. The smallest absolute Gasteiger partial charge is 0.369 e. The summed E-state index contributed by atoms with van der Waals surface area (Å²) >= 11 is 6.46. The minimum Gasteiger partial charge on any atom is -0.369 e. The Morgan fingerprint density at radius 2 is 1.82 bits per heavy atom. The van der Waals surface area contributed by atoms with Crippen molar-refractivity contribution in [2.45, 2.75) is 63.1 Å².